The molecule has 3 amide bonds. The van der Waals surface area contributed by atoms with Gasteiger partial charge in [-0.2, -0.15) is 12.6 Å². The molecule has 0 aliphatic rings. The fraction of sp³-hybridized carbons (Fsp3) is 0.538. The molecule has 0 aliphatic heterocycles. The van der Waals surface area contributed by atoms with Crippen molar-refractivity contribution in [3.8, 4) is 0 Å². The van der Waals surface area contributed by atoms with Crippen LogP contribution in [0.4, 0.5) is 0 Å². The number of aliphatic carboxylic acids is 1. The first-order valence-corrected chi connectivity index (χ1v) is 13.2. The number of benzene rings is 1. The molecule has 204 valence electrons. The lowest BCUT2D eigenvalue weighted by Crippen LogP contribution is -2.59. The molecule has 1 aromatic carbocycles. The zero-order chi connectivity index (χ0) is 27.7. The molecule has 0 fully saturated rings. The third-order valence-corrected chi connectivity index (χ3v) is 6.75. The molecule has 0 saturated carbocycles. The van der Waals surface area contributed by atoms with Crippen LogP contribution in [0.2, 0.25) is 0 Å². The largest absolute Gasteiger partial charge is 0.480 e. The van der Waals surface area contributed by atoms with Gasteiger partial charge in [-0.25, -0.2) is 4.79 Å². The highest BCUT2D eigenvalue weighted by Crippen LogP contribution is 2.19. The maximum absolute atomic E-state index is 13.2. The lowest BCUT2D eigenvalue weighted by Gasteiger charge is -2.27. The molecule has 5 unspecified atom stereocenters. The molecule has 2 rings (SSSR count). The molecule has 0 radical (unpaired) electrons. The number of carbonyl (C=O) groups is 4. The Labute approximate surface area is 222 Å². The Morgan fingerprint density at radius 2 is 1.65 bits per heavy atom. The molecular formula is C26H39N5O5S. The number of carboxylic acids is 1. The Bertz CT molecular complexity index is 1090. The summed E-state index contributed by atoms with van der Waals surface area (Å²) >= 11 is 4.18. The van der Waals surface area contributed by atoms with Gasteiger partial charge in [-0.1, -0.05) is 52.3 Å². The van der Waals surface area contributed by atoms with Gasteiger partial charge < -0.3 is 31.8 Å². The van der Waals surface area contributed by atoms with E-state index in [-0.39, 0.29) is 24.0 Å². The standard InChI is InChI=1S/C26H39N5O5S/c1-5-15(4)22(31-24(33)21(13-37)30-23(32)18(27)10-14(2)3)25(34)29-20(26(35)36)11-16-12-28-19-9-7-6-8-17(16)19/h6-9,12,14-15,18,20-22,28,37H,5,10-11,13,27H2,1-4H3,(H,29,34)(H,30,32)(H,31,33)(H,35,36). The van der Waals surface area contributed by atoms with Gasteiger partial charge in [0.25, 0.3) is 0 Å². The van der Waals surface area contributed by atoms with Crippen molar-refractivity contribution in [2.45, 2.75) is 71.1 Å². The Kier molecular flexibility index (Phi) is 11.4. The highest BCUT2D eigenvalue weighted by atomic mass is 32.1. The molecule has 10 nitrogen and oxygen atoms in total. The lowest BCUT2D eigenvalue weighted by molar-refractivity contribution is -0.142. The maximum atomic E-state index is 13.2. The van der Waals surface area contributed by atoms with Crippen LogP contribution in [0.3, 0.4) is 0 Å². The van der Waals surface area contributed by atoms with Gasteiger partial charge in [0, 0.05) is 29.3 Å². The quantitative estimate of drug-likeness (QED) is 0.182. The van der Waals surface area contributed by atoms with E-state index in [0.717, 1.165) is 16.5 Å². The normalized spacial score (nSPS) is 15.4. The van der Waals surface area contributed by atoms with Gasteiger partial charge in [0.2, 0.25) is 17.7 Å². The number of para-hydroxylation sites is 1. The molecule has 0 bridgehead atoms. The zero-order valence-corrected chi connectivity index (χ0v) is 22.7. The predicted molar refractivity (Wildman–Crippen MR) is 146 cm³/mol. The molecule has 11 heteroatoms. The van der Waals surface area contributed by atoms with Gasteiger partial charge in [0.05, 0.1) is 6.04 Å². The number of rotatable bonds is 14. The van der Waals surface area contributed by atoms with E-state index in [1.54, 1.807) is 13.1 Å². The number of H-pyrrole nitrogens is 1. The van der Waals surface area contributed by atoms with Crippen LogP contribution in [0.5, 0.6) is 0 Å². The van der Waals surface area contributed by atoms with Gasteiger partial charge >= 0.3 is 5.97 Å². The van der Waals surface area contributed by atoms with Crippen molar-refractivity contribution in [3.05, 3.63) is 36.0 Å². The van der Waals surface area contributed by atoms with Crippen molar-refractivity contribution >= 4 is 47.2 Å². The first kappa shape index (κ1) is 30.2. The highest BCUT2D eigenvalue weighted by Gasteiger charge is 2.32. The molecule has 2 aromatic rings. The number of carbonyl (C=O) groups excluding carboxylic acids is 3. The van der Waals surface area contributed by atoms with E-state index in [1.807, 2.05) is 45.0 Å². The summed E-state index contributed by atoms with van der Waals surface area (Å²) in [6, 6.07) is 3.50. The van der Waals surface area contributed by atoms with E-state index in [0.29, 0.717) is 12.8 Å². The van der Waals surface area contributed by atoms with Gasteiger partial charge in [-0.15, -0.1) is 0 Å². The van der Waals surface area contributed by atoms with Crippen LogP contribution >= 0.6 is 12.6 Å². The minimum atomic E-state index is -1.20. The number of nitrogens with two attached hydrogens (primary N) is 1. The van der Waals surface area contributed by atoms with Gasteiger partial charge in [-0.3, -0.25) is 14.4 Å². The molecule has 0 saturated heterocycles. The van der Waals surface area contributed by atoms with Crippen molar-refractivity contribution in [2.24, 2.45) is 17.6 Å². The van der Waals surface area contributed by atoms with E-state index in [9.17, 15) is 24.3 Å². The van der Waals surface area contributed by atoms with Crippen LogP contribution in [-0.4, -0.2) is 63.7 Å². The molecule has 37 heavy (non-hydrogen) atoms. The Balaban J connectivity index is 2.13. The number of hydrogen-bond donors (Lipinski definition) is 7. The molecule has 0 aliphatic carbocycles. The summed E-state index contributed by atoms with van der Waals surface area (Å²) in [5.74, 6) is -2.97. The second kappa shape index (κ2) is 14.0. The number of carboxylic acid groups (broad SMARTS) is 1. The molecular weight excluding hydrogens is 494 g/mol. The van der Waals surface area contributed by atoms with Gasteiger partial charge in [0.15, 0.2) is 0 Å². The van der Waals surface area contributed by atoms with E-state index < -0.39 is 47.9 Å². The topological polar surface area (TPSA) is 166 Å². The Morgan fingerprint density at radius 3 is 2.24 bits per heavy atom. The SMILES string of the molecule is CCC(C)C(NC(=O)C(CS)NC(=O)C(N)CC(C)C)C(=O)NC(Cc1c[nH]c2ccccc12)C(=O)O. The third kappa shape index (κ3) is 8.50. The number of fused-ring (bicyclic) bond motifs is 1. The van der Waals surface area contributed by atoms with Gasteiger partial charge in [-0.05, 0) is 29.9 Å². The summed E-state index contributed by atoms with van der Waals surface area (Å²) in [6.07, 6.45) is 2.80. The smallest absolute Gasteiger partial charge is 0.326 e. The van der Waals surface area contributed by atoms with Crippen LogP contribution in [0.25, 0.3) is 10.9 Å². The van der Waals surface area contributed by atoms with Crippen molar-refractivity contribution in [1.29, 1.82) is 0 Å². The number of aromatic amines is 1. The van der Waals surface area contributed by atoms with Crippen LogP contribution in [0.15, 0.2) is 30.5 Å². The summed E-state index contributed by atoms with van der Waals surface area (Å²) in [5.41, 5.74) is 7.54. The average molecular weight is 534 g/mol. The third-order valence-electron chi connectivity index (χ3n) is 6.38. The minimum absolute atomic E-state index is 0.000862. The van der Waals surface area contributed by atoms with Crippen molar-refractivity contribution in [3.63, 3.8) is 0 Å². The van der Waals surface area contributed by atoms with Crippen LogP contribution in [0.1, 0.15) is 46.1 Å². The van der Waals surface area contributed by atoms with Crippen LogP contribution in [-0.2, 0) is 25.6 Å². The van der Waals surface area contributed by atoms with E-state index in [2.05, 4.69) is 33.6 Å². The molecule has 0 spiro atoms. The maximum Gasteiger partial charge on any atom is 0.326 e. The predicted octanol–water partition coefficient (Wildman–Crippen LogP) is 1.60. The summed E-state index contributed by atoms with van der Waals surface area (Å²) in [6.45, 7) is 7.52. The molecule has 1 heterocycles. The number of thiol groups is 1. The van der Waals surface area contributed by atoms with Crippen LogP contribution < -0.4 is 21.7 Å². The highest BCUT2D eigenvalue weighted by molar-refractivity contribution is 7.80. The summed E-state index contributed by atoms with van der Waals surface area (Å²) in [7, 11) is 0. The first-order valence-electron chi connectivity index (χ1n) is 12.5. The monoisotopic (exact) mass is 533 g/mol. The van der Waals surface area contributed by atoms with Crippen molar-refractivity contribution in [2.75, 3.05) is 5.75 Å². The number of hydrogen-bond acceptors (Lipinski definition) is 6. The lowest BCUT2D eigenvalue weighted by atomic mass is 9.97. The summed E-state index contributed by atoms with van der Waals surface area (Å²) in [4.78, 5) is 53.8. The summed E-state index contributed by atoms with van der Waals surface area (Å²) in [5, 5.41) is 18.5. The molecule has 1 aromatic heterocycles. The molecule has 7 N–H and O–H groups in total. The number of aromatic nitrogens is 1. The Morgan fingerprint density at radius 1 is 1.00 bits per heavy atom. The van der Waals surface area contributed by atoms with Gasteiger partial charge in [0.1, 0.15) is 18.1 Å². The van der Waals surface area contributed by atoms with Crippen LogP contribution in [0, 0.1) is 11.8 Å². The fourth-order valence-corrected chi connectivity index (χ4v) is 4.28. The van der Waals surface area contributed by atoms with E-state index >= 15 is 0 Å². The minimum Gasteiger partial charge on any atom is -0.480 e. The van der Waals surface area contributed by atoms with E-state index in [1.165, 1.54) is 0 Å². The Hall–Kier alpha value is -3.05. The zero-order valence-electron chi connectivity index (χ0n) is 21.8. The van der Waals surface area contributed by atoms with Crippen molar-refractivity contribution < 1.29 is 24.3 Å². The fourth-order valence-electron chi connectivity index (χ4n) is 4.03. The molecule has 5 atom stereocenters. The average Bonchev–Trinajstić information content (AvgIpc) is 3.26. The van der Waals surface area contributed by atoms with Crippen molar-refractivity contribution in [1.82, 2.24) is 20.9 Å². The number of nitrogens with one attached hydrogen (secondary N) is 4. The first-order chi connectivity index (χ1) is 17.5. The number of amides is 3. The second-order valence-corrected chi connectivity index (χ2v) is 10.2. The summed E-state index contributed by atoms with van der Waals surface area (Å²) < 4.78 is 0. The van der Waals surface area contributed by atoms with E-state index in [4.69, 9.17) is 5.73 Å². The second-order valence-electron chi connectivity index (χ2n) is 9.81.